The van der Waals surface area contributed by atoms with Crippen LogP contribution < -0.4 is 16.0 Å². The number of hydrogen-bond donors (Lipinski definition) is 7. The molecule has 1 unspecified atom stereocenters. The maximum absolute atomic E-state index is 12.5. The van der Waals surface area contributed by atoms with Gasteiger partial charge in [0.15, 0.2) is 10.9 Å². The molecule has 1 saturated heterocycles. The second kappa shape index (κ2) is 34.1. The van der Waals surface area contributed by atoms with E-state index in [-0.39, 0.29) is 88.8 Å². The van der Waals surface area contributed by atoms with Crippen molar-refractivity contribution in [3.05, 3.63) is 29.8 Å². The number of Topliss-reactive ketones (excluding diaryl/α,β-unsaturated/α-hetero) is 1. The molecule has 0 aromatic heterocycles. The summed E-state index contributed by atoms with van der Waals surface area (Å²) in [6.07, 6.45) is 19.3. The Hall–Kier alpha value is -4.23. The molecule has 7 N–H and O–H groups in total. The first-order valence-electron chi connectivity index (χ1n) is 23.9. The second-order valence-electron chi connectivity index (χ2n) is 17.5. The highest BCUT2D eigenvalue weighted by molar-refractivity contribution is 7.80. The van der Waals surface area contributed by atoms with Gasteiger partial charge in [0.1, 0.15) is 0 Å². The number of thiocarbonyl (C=S) groups is 1. The van der Waals surface area contributed by atoms with Crippen LogP contribution >= 0.6 is 12.2 Å². The quantitative estimate of drug-likeness (QED) is 0.0365. The number of nitrogens with zero attached hydrogens (tertiary/aromatic N) is 4. The monoisotopic (exact) mass is 934 g/mol. The van der Waals surface area contributed by atoms with Crippen LogP contribution in [0, 0.1) is 0 Å². The summed E-state index contributed by atoms with van der Waals surface area (Å²) < 4.78 is 0. The summed E-state index contributed by atoms with van der Waals surface area (Å²) in [5, 5.41) is 48.2. The van der Waals surface area contributed by atoms with E-state index in [2.05, 4.69) is 22.9 Å². The Morgan fingerprint density at radius 3 is 1.62 bits per heavy atom. The third-order valence-corrected chi connectivity index (χ3v) is 12.0. The first-order valence-corrected chi connectivity index (χ1v) is 24.3. The number of ketones is 1. The van der Waals surface area contributed by atoms with E-state index in [9.17, 15) is 49.2 Å². The average molecular weight is 934 g/mol. The fraction of sp³-hybridized carbons (Fsp3) is 0.723. The van der Waals surface area contributed by atoms with Crippen LogP contribution in [0.25, 0.3) is 0 Å². The predicted molar refractivity (Wildman–Crippen MR) is 256 cm³/mol. The van der Waals surface area contributed by atoms with E-state index >= 15 is 0 Å². The predicted octanol–water partition coefficient (Wildman–Crippen LogP) is 5.17. The molecule has 1 fully saturated rings. The Morgan fingerprint density at radius 1 is 0.631 bits per heavy atom. The number of nitrogens with one attached hydrogen (secondary N) is 3. The van der Waals surface area contributed by atoms with Crippen LogP contribution in [0.1, 0.15) is 129 Å². The zero-order chi connectivity index (χ0) is 47.8. The molecular weight excluding hydrogens is 855 g/mol. The normalized spacial score (nSPS) is 16.4. The van der Waals surface area contributed by atoms with E-state index in [1.165, 1.54) is 77.6 Å². The minimum absolute atomic E-state index is 0.0588. The van der Waals surface area contributed by atoms with E-state index in [0.717, 1.165) is 31.2 Å². The zero-order valence-electron chi connectivity index (χ0n) is 39.1. The molecular formula is C47H79N7O10S. The average Bonchev–Trinajstić information content (AvgIpc) is 3.23. The third-order valence-electron chi connectivity index (χ3n) is 11.8. The molecule has 1 aromatic rings. The number of amides is 1. The highest BCUT2D eigenvalue weighted by Crippen LogP contribution is 2.17. The molecule has 1 aromatic carbocycles. The lowest BCUT2D eigenvalue weighted by Gasteiger charge is -2.37. The third kappa shape index (κ3) is 28.4. The smallest absolute Gasteiger partial charge is 0.317 e. The summed E-state index contributed by atoms with van der Waals surface area (Å²) in [5.74, 6) is -4.28. The van der Waals surface area contributed by atoms with Crippen molar-refractivity contribution in [2.45, 2.75) is 142 Å². The topological polar surface area (TPSA) is 232 Å². The molecule has 2 rings (SSSR count). The van der Waals surface area contributed by atoms with Gasteiger partial charge in [-0.2, -0.15) is 0 Å². The number of carbonyl (C=O) groups is 6. The summed E-state index contributed by atoms with van der Waals surface area (Å²) in [6.45, 7) is 4.40. The Kier molecular flexibility index (Phi) is 29.9. The molecule has 18 heteroatoms. The Labute approximate surface area is 392 Å². The van der Waals surface area contributed by atoms with Crippen LogP contribution in [0.2, 0.25) is 0 Å². The molecule has 1 aliphatic heterocycles. The van der Waals surface area contributed by atoms with Gasteiger partial charge in [0.05, 0.1) is 32.2 Å². The van der Waals surface area contributed by atoms with Crippen molar-refractivity contribution in [3.63, 3.8) is 0 Å². The minimum atomic E-state index is -1.09. The number of hydrogen-bond acceptors (Lipinski definition) is 11. The number of rotatable bonds is 32. The van der Waals surface area contributed by atoms with Gasteiger partial charge in [-0.15, -0.1) is 0 Å². The van der Waals surface area contributed by atoms with E-state index < -0.39 is 36.0 Å². The Balaban J connectivity index is 1.89. The molecule has 1 heterocycles. The lowest BCUT2D eigenvalue weighted by Crippen LogP contribution is -2.53. The van der Waals surface area contributed by atoms with Crippen LogP contribution in [0.5, 0.6) is 0 Å². The van der Waals surface area contributed by atoms with Gasteiger partial charge in [-0.3, -0.25) is 48.4 Å². The second-order valence-corrected chi connectivity index (χ2v) is 17.9. The van der Waals surface area contributed by atoms with Crippen LogP contribution in [0.4, 0.5) is 5.69 Å². The van der Waals surface area contributed by atoms with Gasteiger partial charge in [-0.25, -0.2) is 0 Å². The fourth-order valence-electron chi connectivity index (χ4n) is 8.15. The van der Waals surface area contributed by atoms with Gasteiger partial charge in [-0.1, -0.05) is 96.1 Å². The summed E-state index contributed by atoms with van der Waals surface area (Å²) in [7, 11) is 0. The van der Waals surface area contributed by atoms with E-state index in [1.54, 1.807) is 31.7 Å². The number of anilines is 1. The first-order chi connectivity index (χ1) is 31.1. The molecule has 0 aliphatic carbocycles. The van der Waals surface area contributed by atoms with Crippen LogP contribution in [-0.4, -0.2) is 171 Å². The van der Waals surface area contributed by atoms with Gasteiger partial charge in [0, 0.05) is 70.5 Å². The van der Waals surface area contributed by atoms with E-state index in [4.69, 9.17) is 12.2 Å². The van der Waals surface area contributed by atoms with Crippen LogP contribution in [0.3, 0.4) is 0 Å². The summed E-state index contributed by atoms with van der Waals surface area (Å²) >= 11 is 5.56. The van der Waals surface area contributed by atoms with Gasteiger partial charge in [0.25, 0.3) is 0 Å². The number of unbranched alkanes of at least 4 members (excludes halogenated alkanes) is 13. The van der Waals surface area contributed by atoms with E-state index in [1.807, 2.05) is 12.1 Å². The Bertz CT molecular complexity index is 1590. The maximum Gasteiger partial charge on any atom is 0.317 e. The molecule has 2 atom stereocenters. The molecule has 368 valence electrons. The summed E-state index contributed by atoms with van der Waals surface area (Å²) in [6, 6.07) is 6.30. The van der Waals surface area contributed by atoms with Crippen molar-refractivity contribution in [2.24, 2.45) is 0 Å². The highest BCUT2D eigenvalue weighted by atomic mass is 32.1. The molecule has 1 aliphatic rings. The lowest BCUT2D eigenvalue weighted by molar-refractivity contribution is -0.142. The summed E-state index contributed by atoms with van der Waals surface area (Å²) in [4.78, 5) is 78.9. The van der Waals surface area contributed by atoms with Gasteiger partial charge >= 0.3 is 23.9 Å². The number of aliphatic carboxylic acids is 4. The van der Waals surface area contributed by atoms with E-state index in [0.29, 0.717) is 31.5 Å². The number of carboxylic acids is 4. The molecule has 65 heavy (non-hydrogen) atoms. The van der Waals surface area contributed by atoms with Crippen molar-refractivity contribution in [1.29, 1.82) is 0 Å². The van der Waals surface area contributed by atoms with Crippen molar-refractivity contribution in [2.75, 3.05) is 83.9 Å². The molecule has 0 radical (unpaired) electrons. The van der Waals surface area contributed by atoms with Crippen LogP contribution in [0.15, 0.2) is 24.3 Å². The van der Waals surface area contributed by atoms with Crippen molar-refractivity contribution in [1.82, 2.24) is 30.2 Å². The number of carboxylic acid groups (broad SMARTS) is 4. The SMILES string of the molecule is CCCCCCCCCCCCCCCC(=O)NCCCC[C@@H](NC(=S)Nc1ccc(CC2CN(CC(=O)O)CCN(CC(=O)O)CCN(CC(=O)O)CCN2CC(=O)O)cc1)C(C)=O. The molecule has 1 amide bonds. The molecule has 0 spiro atoms. The maximum atomic E-state index is 12.5. The zero-order valence-corrected chi connectivity index (χ0v) is 39.9. The van der Waals surface area contributed by atoms with Crippen molar-refractivity contribution in [3.8, 4) is 0 Å². The molecule has 0 bridgehead atoms. The number of benzene rings is 1. The van der Waals surface area contributed by atoms with Gasteiger partial charge in [-0.05, 0) is 68.9 Å². The standard InChI is InChI=1S/C47H79N7O10S/c1-3-4-5-6-7-8-9-10-11-12-13-14-15-19-42(56)48-24-17-16-18-41(37(2)55)50-47(65)49-39-22-20-38(21-23-39)31-40-32-53(35-45(61)62)28-27-51(33-43(57)58)25-26-52(34-44(59)60)29-30-54(40)36-46(63)64/h20-23,40-41H,3-19,24-36H2,1-2H3,(H,48,56)(H,57,58)(H,59,60)(H,61,62)(H,63,64)(H2,49,50,65)/t40?,41-/m1/s1. The largest absolute Gasteiger partial charge is 0.480 e. The van der Waals surface area contributed by atoms with Gasteiger partial charge in [0.2, 0.25) is 5.91 Å². The molecule has 0 saturated carbocycles. The van der Waals surface area contributed by atoms with Crippen molar-refractivity contribution < 1.29 is 49.2 Å². The lowest BCUT2D eigenvalue weighted by atomic mass is 10.0. The highest BCUT2D eigenvalue weighted by Gasteiger charge is 2.28. The van der Waals surface area contributed by atoms with Crippen LogP contribution in [-0.2, 0) is 35.2 Å². The van der Waals surface area contributed by atoms with Crippen molar-refractivity contribution >= 4 is 58.6 Å². The minimum Gasteiger partial charge on any atom is -0.480 e. The number of carbonyl (C=O) groups excluding carboxylic acids is 2. The molecule has 17 nitrogen and oxygen atoms in total. The summed E-state index contributed by atoms with van der Waals surface area (Å²) in [5.41, 5.74) is 1.47. The van der Waals surface area contributed by atoms with Gasteiger partial charge < -0.3 is 36.4 Å². The first kappa shape index (κ1) is 56.9. The fourth-order valence-corrected chi connectivity index (χ4v) is 8.41. The Morgan fingerprint density at radius 2 is 1.11 bits per heavy atom.